The summed E-state index contributed by atoms with van der Waals surface area (Å²) in [6, 6.07) is 20.4. The molecular formula is C24H30N2O2. The molecule has 0 bridgehead atoms. The first-order chi connectivity index (χ1) is 13.6. The van der Waals surface area contributed by atoms with Crippen LogP contribution in [0.1, 0.15) is 25.0 Å². The minimum absolute atomic E-state index is 0.0611. The summed E-state index contributed by atoms with van der Waals surface area (Å²) < 4.78 is 5.45. The number of hydrogen-bond acceptors (Lipinski definition) is 3. The van der Waals surface area contributed by atoms with Crippen molar-refractivity contribution in [3.63, 3.8) is 0 Å². The molecule has 1 aliphatic rings. The Bertz CT molecular complexity index is 768. The fraction of sp³-hybridized carbons (Fsp3) is 0.375. The maximum absolute atomic E-state index is 13.2. The van der Waals surface area contributed by atoms with E-state index in [1.807, 2.05) is 60.4 Å². The number of ether oxygens (including phenoxy) is 1. The number of hydrogen-bond donors (Lipinski definition) is 0. The average Bonchev–Trinajstić information content (AvgIpc) is 2.74. The van der Waals surface area contributed by atoms with E-state index >= 15 is 0 Å². The highest BCUT2D eigenvalue weighted by Gasteiger charge is 2.22. The lowest BCUT2D eigenvalue weighted by Crippen LogP contribution is -2.47. The lowest BCUT2D eigenvalue weighted by molar-refractivity contribution is -0.129. The van der Waals surface area contributed by atoms with Crippen molar-refractivity contribution >= 4 is 11.5 Å². The standard InChI is InChI=1S/C24H30N2O2/c1-20(23-11-7-4-8-12-23)17-24(27)26(19-22-9-5-3-6-10-22)21(2)18-25-13-15-28-16-14-25/h3-12,17,21H,13-16,18-19H2,1-2H3/b20-17-. The highest BCUT2D eigenvalue weighted by atomic mass is 16.5. The van der Waals surface area contributed by atoms with Crippen molar-refractivity contribution in [2.45, 2.75) is 26.4 Å². The zero-order valence-electron chi connectivity index (χ0n) is 16.9. The topological polar surface area (TPSA) is 32.8 Å². The largest absolute Gasteiger partial charge is 0.379 e. The molecule has 2 aromatic carbocycles. The van der Waals surface area contributed by atoms with E-state index in [1.165, 1.54) is 0 Å². The van der Waals surface area contributed by atoms with Gasteiger partial charge in [-0.05, 0) is 30.5 Å². The summed E-state index contributed by atoms with van der Waals surface area (Å²) in [6.45, 7) is 9.01. The van der Waals surface area contributed by atoms with Crippen LogP contribution in [0.3, 0.4) is 0 Å². The number of nitrogens with zero attached hydrogens (tertiary/aromatic N) is 2. The van der Waals surface area contributed by atoms with Gasteiger partial charge in [0.15, 0.2) is 0 Å². The van der Waals surface area contributed by atoms with Crippen molar-refractivity contribution in [2.75, 3.05) is 32.8 Å². The molecule has 1 amide bonds. The van der Waals surface area contributed by atoms with Crippen molar-refractivity contribution in [3.8, 4) is 0 Å². The summed E-state index contributed by atoms with van der Waals surface area (Å²) in [4.78, 5) is 17.6. The Morgan fingerprint density at radius 1 is 1.07 bits per heavy atom. The second-order valence-electron chi connectivity index (χ2n) is 7.41. The van der Waals surface area contributed by atoms with Gasteiger partial charge < -0.3 is 9.64 Å². The third-order valence-corrected chi connectivity index (χ3v) is 5.21. The number of carbonyl (C=O) groups excluding carboxylic acids is 1. The Labute approximate surface area is 168 Å². The van der Waals surface area contributed by atoms with E-state index in [9.17, 15) is 4.79 Å². The van der Waals surface area contributed by atoms with Gasteiger partial charge in [-0.1, -0.05) is 60.7 Å². The van der Waals surface area contributed by atoms with Gasteiger partial charge in [0.1, 0.15) is 0 Å². The molecule has 1 fully saturated rings. The quantitative estimate of drug-likeness (QED) is 0.686. The number of allylic oxidation sites excluding steroid dienone is 1. The number of amides is 1. The van der Waals surface area contributed by atoms with Gasteiger partial charge in [-0.2, -0.15) is 0 Å². The fourth-order valence-electron chi connectivity index (χ4n) is 3.54. The van der Waals surface area contributed by atoms with Crippen LogP contribution in [0.4, 0.5) is 0 Å². The predicted molar refractivity (Wildman–Crippen MR) is 114 cm³/mol. The van der Waals surface area contributed by atoms with Crippen molar-refractivity contribution in [1.29, 1.82) is 0 Å². The van der Waals surface area contributed by atoms with Gasteiger partial charge >= 0.3 is 0 Å². The van der Waals surface area contributed by atoms with Crippen LogP contribution >= 0.6 is 0 Å². The van der Waals surface area contributed by atoms with Gasteiger partial charge in [0.05, 0.1) is 13.2 Å². The summed E-state index contributed by atoms with van der Waals surface area (Å²) >= 11 is 0. The second kappa shape index (κ2) is 10.2. The Morgan fingerprint density at radius 3 is 2.32 bits per heavy atom. The molecule has 0 saturated carbocycles. The maximum atomic E-state index is 13.2. The van der Waals surface area contributed by atoms with Crippen LogP contribution < -0.4 is 0 Å². The summed E-state index contributed by atoms with van der Waals surface area (Å²) in [5.74, 6) is 0.0611. The molecule has 0 aromatic heterocycles. The number of benzene rings is 2. The lowest BCUT2D eigenvalue weighted by Gasteiger charge is -2.35. The lowest BCUT2D eigenvalue weighted by atomic mass is 10.1. The van der Waals surface area contributed by atoms with E-state index in [2.05, 4.69) is 24.0 Å². The van der Waals surface area contributed by atoms with Crippen LogP contribution in [0.5, 0.6) is 0 Å². The van der Waals surface area contributed by atoms with Crippen LogP contribution in [-0.2, 0) is 16.1 Å². The van der Waals surface area contributed by atoms with E-state index in [4.69, 9.17) is 4.74 Å². The molecule has 0 N–H and O–H groups in total. The molecule has 0 spiro atoms. The first-order valence-electron chi connectivity index (χ1n) is 10.0. The molecule has 1 heterocycles. The Hall–Kier alpha value is -2.43. The number of morpholine rings is 1. The summed E-state index contributed by atoms with van der Waals surface area (Å²) in [6.07, 6.45) is 1.77. The van der Waals surface area contributed by atoms with Gasteiger partial charge in [-0.25, -0.2) is 0 Å². The molecule has 1 aliphatic heterocycles. The predicted octanol–water partition coefficient (Wildman–Crippen LogP) is 3.84. The molecule has 148 valence electrons. The van der Waals surface area contributed by atoms with Gasteiger partial charge in [-0.3, -0.25) is 9.69 Å². The van der Waals surface area contributed by atoms with Crippen LogP contribution in [0.2, 0.25) is 0 Å². The highest BCUT2D eigenvalue weighted by Crippen LogP contribution is 2.16. The van der Waals surface area contributed by atoms with Crippen molar-refractivity contribution in [1.82, 2.24) is 9.80 Å². The van der Waals surface area contributed by atoms with Crippen molar-refractivity contribution in [2.24, 2.45) is 0 Å². The van der Waals surface area contributed by atoms with Gasteiger partial charge in [0.2, 0.25) is 5.91 Å². The Morgan fingerprint density at radius 2 is 1.68 bits per heavy atom. The normalized spacial score (nSPS) is 16.6. The third-order valence-electron chi connectivity index (χ3n) is 5.21. The molecule has 1 saturated heterocycles. The van der Waals surface area contributed by atoms with Crippen LogP contribution in [0.15, 0.2) is 66.7 Å². The number of rotatable bonds is 7. The number of carbonyl (C=O) groups is 1. The molecule has 2 aromatic rings. The monoisotopic (exact) mass is 378 g/mol. The van der Waals surface area contributed by atoms with Crippen molar-refractivity contribution < 1.29 is 9.53 Å². The fourth-order valence-corrected chi connectivity index (χ4v) is 3.54. The van der Waals surface area contributed by atoms with Crippen LogP contribution in [0, 0.1) is 0 Å². The van der Waals surface area contributed by atoms with Crippen molar-refractivity contribution in [3.05, 3.63) is 77.9 Å². The van der Waals surface area contributed by atoms with Gasteiger partial charge in [0, 0.05) is 38.3 Å². The van der Waals surface area contributed by atoms with Gasteiger partial charge in [0.25, 0.3) is 0 Å². The second-order valence-corrected chi connectivity index (χ2v) is 7.41. The Balaban J connectivity index is 1.77. The van der Waals surface area contributed by atoms with Gasteiger partial charge in [-0.15, -0.1) is 0 Å². The minimum atomic E-state index is 0.0611. The molecule has 1 atom stereocenters. The summed E-state index contributed by atoms with van der Waals surface area (Å²) in [5, 5.41) is 0. The molecule has 1 unspecified atom stereocenters. The van der Waals surface area contributed by atoms with E-state index in [0.29, 0.717) is 6.54 Å². The van der Waals surface area contributed by atoms with E-state index in [0.717, 1.165) is 49.5 Å². The third kappa shape index (κ3) is 5.78. The molecule has 4 heteroatoms. The zero-order chi connectivity index (χ0) is 19.8. The molecule has 4 nitrogen and oxygen atoms in total. The SMILES string of the molecule is C/C(=C/C(=O)N(Cc1ccccc1)C(C)CN1CCOCC1)c1ccccc1. The van der Waals surface area contributed by atoms with E-state index in [-0.39, 0.29) is 11.9 Å². The first-order valence-corrected chi connectivity index (χ1v) is 10.0. The molecule has 28 heavy (non-hydrogen) atoms. The Kier molecular flexibility index (Phi) is 7.40. The van der Waals surface area contributed by atoms with Crippen LogP contribution in [0.25, 0.3) is 5.57 Å². The zero-order valence-corrected chi connectivity index (χ0v) is 16.9. The molecule has 0 aliphatic carbocycles. The smallest absolute Gasteiger partial charge is 0.247 e. The summed E-state index contributed by atoms with van der Waals surface area (Å²) in [7, 11) is 0. The summed E-state index contributed by atoms with van der Waals surface area (Å²) in [5.41, 5.74) is 3.22. The van der Waals surface area contributed by atoms with E-state index in [1.54, 1.807) is 6.08 Å². The molecule has 3 rings (SSSR count). The van der Waals surface area contributed by atoms with E-state index < -0.39 is 0 Å². The molecule has 0 radical (unpaired) electrons. The highest BCUT2D eigenvalue weighted by molar-refractivity contribution is 5.95. The first kappa shape index (κ1) is 20.3. The van der Waals surface area contributed by atoms with Crippen LogP contribution in [-0.4, -0.2) is 54.6 Å². The molecular weight excluding hydrogens is 348 g/mol. The average molecular weight is 379 g/mol. The minimum Gasteiger partial charge on any atom is -0.379 e. The maximum Gasteiger partial charge on any atom is 0.247 e.